The van der Waals surface area contributed by atoms with E-state index in [1.54, 1.807) is 19.0 Å². The van der Waals surface area contributed by atoms with Crippen LogP contribution in [0, 0.1) is 0 Å². The zero-order chi connectivity index (χ0) is 16.5. The maximum atomic E-state index is 11.9. The molecule has 0 aliphatic rings. The predicted octanol–water partition coefficient (Wildman–Crippen LogP) is 2.17. The van der Waals surface area contributed by atoms with Gasteiger partial charge in [0.05, 0.1) is 0 Å². The summed E-state index contributed by atoms with van der Waals surface area (Å²) in [6.07, 6.45) is 0.0721. The fraction of sp³-hybridized carbons (Fsp3) is 0.500. The van der Waals surface area contributed by atoms with Gasteiger partial charge < -0.3 is 19.9 Å². The highest BCUT2D eigenvalue weighted by atomic mass is 16.6. The third kappa shape index (κ3) is 5.63. The Labute approximate surface area is 132 Å². The van der Waals surface area contributed by atoms with Crippen molar-refractivity contribution in [2.45, 2.75) is 20.0 Å². The van der Waals surface area contributed by atoms with E-state index in [0.717, 1.165) is 11.3 Å². The van der Waals surface area contributed by atoms with Gasteiger partial charge in [0, 0.05) is 46.3 Å². The molecule has 122 valence electrons. The van der Waals surface area contributed by atoms with E-state index in [2.05, 4.69) is 5.32 Å². The lowest BCUT2D eigenvalue weighted by atomic mass is 10.2. The number of hydrogen-bond acceptors (Lipinski definition) is 4. The molecule has 1 rings (SSSR count). The maximum Gasteiger partial charge on any atom is 0.409 e. The molecule has 0 saturated heterocycles. The van der Waals surface area contributed by atoms with Gasteiger partial charge >= 0.3 is 6.09 Å². The number of carbonyl (C=O) groups excluding carboxylic acids is 2. The average molecular weight is 307 g/mol. The summed E-state index contributed by atoms with van der Waals surface area (Å²) in [4.78, 5) is 26.4. The molecule has 0 aliphatic heterocycles. The predicted molar refractivity (Wildman–Crippen MR) is 86.7 cm³/mol. The fourth-order valence-corrected chi connectivity index (χ4v) is 1.81. The van der Waals surface area contributed by atoms with Crippen molar-refractivity contribution in [3.63, 3.8) is 0 Å². The van der Waals surface area contributed by atoms with Gasteiger partial charge in [-0.15, -0.1) is 0 Å². The molecule has 1 aromatic carbocycles. The summed E-state index contributed by atoms with van der Waals surface area (Å²) >= 11 is 0. The number of ether oxygens (including phenoxy) is 1. The molecule has 0 atom stereocenters. The minimum absolute atomic E-state index is 0.0615. The minimum Gasteiger partial charge on any atom is -0.445 e. The normalized spacial score (nSPS) is 10.0. The number of likely N-dealkylation sites (N-methyl/N-ethyl adjacent to an activating group) is 2. The number of hydrogen-bond donors (Lipinski definition) is 1. The standard InChI is InChI=1S/C16H25N3O3/c1-5-15(20)18(3)10-11-19(4)16(21)22-12-13-6-8-14(17-2)9-7-13/h6-9,17H,5,10-12H2,1-4H3. The highest BCUT2D eigenvalue weighted by molar-refractivity contribution is 5.75. The van der Waals surface area contributed by atoms with Crippen LogP contribution in [-0.4, -0.2) is 56.0 Å². The van der Waals surface area contributed by atoms with Gasteiger partial charge in [-0.05, 0) is 17.7 Å². The lowest BCUT2D eigenvalue weighted by Gasteiger charge is -2.21. The summed E-state index contributed by atoms with van der Waals surface area (Å²) < 4.78 is 5.25. The van der Waals surface area contributed by atoms with Crippen molar-refractivity contribution in [1.29, 1.82) is 0 Å². The zero-order valence-corrected chi connectivity index (χ0v) is 13.8. The number of rotatable bonds is 7. The Morgan fingerprint density at radius 3 is 2.23 bits per heavy atom. The summed E-state index contributed by atoms with van der Waals surface area (Å²) in [5, 5.41) is 3.03. The average Bonchev–Trinajstić information content (AvgIpc) is 2.56. The van der Waals surface area contributed by atoms with Crippen molar-refractivity contribution >= 4 is 17.7 Å². The summed E-state index contributed by atoms with van der Waals surface area (Å²) in [5.74, 6) is 0.0615. The van der Waals surface area contributed by atoms with E-state index in [0.29, 0.717) is 19.5 Å². The molecular weight excluding hydrogens is 282 g/mol. The van der Waals surface area contributed by atoms with Gasteiger partial charge in [0.25, 0.3) is 0 Å². The molecule has 0 radical (unpaired) electrons. The third-order valence-corrected chi connectivity index (χ3v) is 3.42. The first kappa shape index (κ1) is 17.8. The van der Waals surface area contributed by atoms with E-state index in [1.165, 1.54) is 4.90 Å². The van der Waals surface area contributed by atoms with E-state index in [4.69, 9.17) is 4.74 Å². The Balaban J connectivity index is 2.35. The molecule has 2 amide bonds. The molecule has 1 aromatic rings. The number of carbonyl (C=O) groups is 2. The second-order valence-corrected chi connectivity index (χ2v) is 5.09. The Hall–Kier alpha value is -2.24. The van der Waals surface area contributed by atoms with Gasteiger partial charge in [-0.25, -0.2) is 4.79 Å². The van der Waals surface area contributed by atoms with Gasteiger partial charge in [-0.3, -0.25) is 4.79 Å². The molecule has 1 N–H and O–H groups in total. The van der Waals surface area contributed by atoms with E-state index in [-0.39, 0.29) is 12.5 Å². The fourth-order valence-electron chi connectivity index (χ4n) is 1.81. The molecule has 0 unspecified atom stereocenters. The highest BCUT2D eigenvalue weighted by Gasteiger charge is 2.12. The van der Waals surface area contributed by atoms with Gasteiger partial charge in [0.1, 0.15) is 6.61 Å². The number of nitrogens with one attached hydrogen (secondary N) is 1. The molecule has 0 fully saturated rings. The van der Waals surface area contributed by atoms with E-state index in [9.17, 15) is 9.59 Å². The van der Waals surface area contributed by atoms with Crippen LogP contribution in [0.25, 0.3) is 0 Å². The van der Waals surface area contributed by atoms with Crippen molar-refractivity contribution in [2.75, 3.05) is 39.5 Å². The van der Waals surface area contributed by atoms with Gasteiger partial charge in [0.15, 0.2) is 0 Å². The van der Waals surface area contributed by atoms with Crippen LogP contribution in [0.4, 0.5) is 10.5 Å². The van der Waals surface area contributed by atoms with Crippen molar-refractivity contribution < 1.29 is 14.3 Å². The smallest absolute Gasteiger partial charge is 0.409 e. The molecule has 0 saturated carbocycles. The largest absolute Gasteiger partial charge is 0.445 e. The summed E-state index contributed by atoms with van der Waals surface area (Å²) in [7, 11) is 5.25. The van der Waals surface area contributed by atoms with Crippen molar-refractivity contribution in [3.8, 4) is 0 Å². The quantitative estimate of drug-likeness (QED) is 0.838. The van der Waals surface area contributed by atoms with Crippen LogP contribution in [0.1, 0.15) is 18.9 Å². The summed E-state index contributed by atoms with van der Waals surface area (Å²) in [6, 6.07) is 7.68. The molecule has 22 heavy (non-hydrogen) atoms. The van der Waals surface area contributed by atoms with Crippen LogP contribution in [0.15, 0.2) is 24.3 Å². The molecule has 0 aliphatic carbocycles. The van der Waals surface area contributed by atoms with Crippen LogP contribution in [-0.2, 0) is 16.1 Å². The molecule has 6 heteroatoms. The monoisotopic (exact) mass is 307 g/mol. The van der Waals surface area contributed by atoms with E-state index < -0.39 is 6.09 Å². The molecule has 0 heterocycles. The Bertz CT molecular complexity index is 488. The minimum atomic E-state index is -0.393. The van der Waals surface area contributed by atoms with Gasteiger partial charge in [0.2, 0.25) is 5.91 Å². The van der Waals surface area contributed by atoms with E-state index in [1.807, 2.05) is 38.2 Å². The van der Waals surface area contributed by atoms with Crippen LogP contribution < -0.4 is 5.32 Å². The van der Waals surface area contributed by atoms with Crippen LogP contribution in [0.3, 0.4) is 0 Å². The molecular formula is C16H25N3O3. The van der Waals surface area contributed by atoms with Crippen molar-refractivity contribution in [1.82, 2.24) is 9.80 Å². The number of amides is 2. The third-order valence-electron chi connectivity index (χ3n) is 3.42. The van der Waals surface area contributed by atoms with Crippen molar-refractivity contribution in [3.05, 3.63) is 29.8 Å². The first-order chi connectivity index (χ1) is 10.5. The van der Waals surface area contributed by atoms with Gasteiger partial charge in [-0.2, -0.15) is 0 Å². The Kier molecular flexibility index (Phi) is 7.22. The number of nitrogens with zero attached hydrogens (tertiary/aromatic N) is 2. The van der Waals surface area contributed by atoms with Gasteiger partial charge in [-0.1, -0.05) is 19.1 Å². The number of anilines is 1. The second kappa shape index (κ2) is 8.92. The molecule has 6 nitrogen and oxygen atoms in total. The van der Waals surface area contributed by atoms with Crippen LogP contribution in [0.5, 0.6) is 0 Å². The van der Waals surface area contributed by atoms with Crippen LogP contribution >= 0.6 is 0 Å². The van der Waals surface area contributed by atoms with Crippen molar-refractivity contribution in [2.24, 2.45) is 0 Å². The van der Waals surface area contributed by atoms with E-state index >= 15 is 0 Å². The second-order valence-electron chi connectivity index (χ2n) is 5.09. The maximum absolute atomic E-state index is 11.9. The Morgan fingerprint density at radius 2 is 1.68 bits per heavy atom. The SMILES string of the molecule is CCC(=O)N(C)CCN(C)C(=O)OCc1ccc(NC)cc1. The lowest BCUT2D eigenvalue weighted by Crippen LogP contribution is -2.37. The summed E-state index contributed by atoms with van der Waals surface area (Å²) in [5.41, 5.74) is 1.94. The lowest BCUT2D eigenvalue weighted by molar-refractivity contribution is -0.129. The first-order valence-electron chi connectivity index (χ1n) is 7.36. The topological polar surface area (TPSA) is 61.9 Å². The zero-order valence-electron chi connectivity index (χ0n) is 13.8. The first-order valence-corrected chi connectivity index (χ1v) is 7.36. The highest BCUT2D eigenvalue weighted by Crippen LogP contribution is 2.10. The van der Waals surface area contributed by atoms with Crippen LogP contribution in [0.2, 0.25) is 0 Å². The summed E-state index contributed by atoms with van der Waals surface area (Å²) in [6.45, 7) is 2.99. The molecule has 0 bridgehead atoms. The number of benzene rings is 1. The Morgan fingerprint density at radius 1 is 1.09 bits per heavy atom. The molecule has 0 aromatic heterocycles. The molecule has 0 spiro atoms.